The number of pyridine rings is 1. The van der Waals surface area contributed by atoms with Crippen LogP contribution < -0.4 is 10.2 Å². The van der Waals surface area contributed by atoms with Crippen LogP contribution >= 0.6 is 12.2 Å². The Hall–Kier alpha value is -3.44. The van der Waals surface area contributed by atoms with Crippen molar-refractivity contribution in [3.63, 3.8) is 0 Å². The van der Waals surface area contributed by atoms with Crippen molar-refractivity contribution < 1.29 is 0 Å². The molecule has 2 aromatic carbocycles. The highest BCUT2D eigenvalue weighted by Gasteiger charge is 2.42. The van der Waals surface area contributed by atoms with E-state index in [1.54, 1.807) is 0 Å². The average molecular weight is 439 g/mol. The Kier molecular flexibility index (Phi) is 5.50. The first-order chi connectivity index (χ1) is 15.6. The van der Waals surface area contributed by atoms with E-state index in [1.165, 1.54) is 5.56 Å². The minimum Gasteiger partial charge on any atom is -0.351 e. The smallest absolute Gasteiger partial charge is 0.174 e. The molecule has 4 aromatic rings. The topological polar surface area (TPSA) is 33.1 Å². The average Bonchev–Trinajstić information content (AvgIpc) is 3.44. The molecular formula is C27H26N4S. The minimum atomic E-state index is -0.0640. The molecular weight excluding hydrogens is 412 g/mol. The van der Waals surface area contributed by atoms with Crippen molar-refractivity contribution in [2.75, 3.05) is 4.90 Å². The zero-order valence-electron chi connectivity index (χ0n) is 18.2. The van der Waals surface area contributed by atoms with E-state index in [4.69, 9.17) is 12.2 Å². The van der Waals surface area contributed by atoms with Crippen molar-refractivity contribution in [2.24, 2.45) is 0 Å². The molecule has 0 unspecified atom stereocenters. The Morgan fingerprint density at radius 2 is 1.59 bits per heavy atom. The standard InChI is InChI=1S/C27H26N4S/c1-19(2)20-13-15-22(16-14-20)31-26(25(29-27(31)32)23-11-6-7-17-28-23)24-12-8-18-30(24)21-9-4-3-5-10-21/h3-19,25-26H,1-2H3,(H,29,32)/t25-,26-/m0/s1. The molecule has 1 aliphatic rings. The molecule has 0 bridgehead atoms. The number of benzene rings is 2. The quantitative estimate of drug-likeness (QED) is 0.378. The molecule has 0 spiro atoms. The van der Waals surface area contributed by atoms with E-state index in [0.29, 0.717) is 11.0 Å². The molecule has 1 N–H and O–H groups in total. The number of aromatic nitrogens is 2. The predicted molar refractivity (Wildman–Crippen MR) is 134 cm³/mol. The van der Waals surface area contributed by atoms with Crippen LogP contribution in [0.4, 0.5) is 5.69 Å². The van der Waals surface area contributed by atoms with Crippen LogP contribution in [0, 0.1) is 0 Å². The van der Waals surface area contributed by atoms with Crippen molar-refractivity contribution >= 4 is 23.0 Å². The lowest BCUT2D eigenvalue weighted by Crippen LogP contribution is -2.30. The number of rotatable bonds is 5. The lowest BCUT2D eigenvalue weighted by molar-refractivity contribution is 0.549. The van der Waals surface area contributed by atoms with E-state index in [-0.39, 0.29) is 12.1 Å². The van der Waals surface area contributed by atoms with Crippen molar-refractivity contribution in [2.45, 2.75) is 31.8 Å². The van der Waals surface area contributed by atoms with E-state index in [1.807, 2.05) is 24.4 Å². The Bertz CT molecular complexity index is 1200. The fourth-order valence-electron chi connectivity index (χ4n) is 4.41. The van der Waals surface area contributed by atoms with Gasteiger partial charge in [-0.2, -0.15) is 0 Å². The summed E-state index contributed by atoms with van der Waals surface area (Å²) in [4.78, 5) is 6.89. The van der Waals surface area contributed by atoms with Gasteiger partial charge in [-0.25, -0.2) is 0 Å². The monoisotopic (exact) mass is 438 g/mol. The highest BCUT2D eigenvalue weighted by atomic mass is 32.1. The molecule has 2 atom stereocenters. The van der Waals surface area contributed by atoms with Gasteiger partial charge >= 0.3 is 0 Å². The molecule has 0 amide bonds. The van der Waals surface area contributed by atoms with Crippen molar-refractivity contribution in [3.8, 4) is 5.69 Å². The largest absolute Gasteiger partial charge is 0.351 e. The summed E-state index contributed by atoms with van der Waals surface area (Å²) >= 11 is 5.87. The van der Waals surface area contributed by atoms with Crippen LogP contribution in [0.2, 0.25) is 0 Å². The highest BCUT2D eigenvalue weighted by molar-refractivity contribution is 7.80. The second-order valence-electron chi connectivity index (χ2n) is 8.38. The van der Waals surface area contributed by atoms with Crippen LogP contribution in [0.1, 0.15) is 48.8 Å². The molecule has 5 rings (SSSR count). The Balaban J connectivity index is 1.64. The first kappa shape index (κ1) is 20.5. The predicted octanol–water partition coefficient (Wildman–Crippen LogP) is 6.17. The molecule has 0 radical (unpaired) electrons. The minimum absolute atomic E-state index is 0.0440. The fourth-order valence-corrected chi connectivity index (χ4v) is 4.76. The number of hydrogen-bond donors (Lipinski definition) is 1. The van der Waals surface area contributed by atoms with Gasteiger partial charge in [0.25, 0.3) is 0 Å². The second kappa shape index (κ2) is 8.60. The highest BCUT2D eigenvalue weighted by Crippen LogP contribution is 2.42. The lowest BCUT2D eigenvalue weighted by atomic mass is 9.99. The van der Waals surface area contributed by atoms with E-state index < -0.39 is 0 Å². The van der Waals surface area contributed by atoms with Crippen LogP contribution in [0.3, 0.4) is 0 Å². The molecule has 160 valence electrons. The van der Waals surface area contributed by atoms with Gasteiger partial charge in [-0.15, -0.1) is 0 Å². The molecule has 5 heteroatoms. The van der Waals surface area contributed by atoms with E-state index >= 15 is 0 Å². The molecule has 4 nitrogen and oxygen atoms in total. The SMILES string of the molecule is CC(C)c1ccc(N2C(=S)N[C@@H](c3ccccn3)[C@@H]2c2cccn2-c2ccccc2)cc1. The summed E-state index contributed by atoms with van der Waals surface area (Å²) in [5, 5.41) is 4.27. The first-order valence-electron chi connectivity index (χ1n) is 11.0. The normalized spacial score (nSPS) is 18.2. The van der Waals surface area contributed by atoms with Crippen LogP contribution in [0.15, 0.2) is 97.3 Å². The second-order valence-corrected chi connectivity index (χ2v) is 8.77. The number of para-hydroxylation sites is 1. The van der Waals surface area contributed by atoms with Gasteiger partial charge in [0.2, 0.25) is 0 Å². The zero-order chi connectivity index (χ0) is 22.1. The third kappa shape index (κ3) is 3.69. The van der Waals surface area contributed by atoms with E-state index in [2.05, 4.69) is 107 Å². The van der Waals surface area contributed by atoms with E-state index in [9.17, 15) is 0 Å². The Morgan fingerprint density at radius 1 is 0.844 bits per heavy atom. The third-order valence-corrected chi connectivity index (χ3v) is 6.37. The Labute approximate surface area is 194 Å². The van der Waals surface area contributed by atoms with Gasteiger partial charge in [0.1, 0.15) is 6.04 Å². The summed E-state index contributed by atoms with van der Waals surface area (Å²) in [5.41, 5.74) is 5.66. The Morgan fingerprint density at radius 3 is 2.28 bits per heavy atom. The number of nitrogens with one attached hydrogen (secondary N) is 1. The van der Waals surface area contributed by atoms with Gasteiger partial charge in [-0.05, 0) is 72.2 Å². The van der Waals surface area contributed by atoms with Crippen LogP contribution in [-0.4, -0.2) is 14.7 Å². The van der Waals surface area contributed by atoms with Crippen molar-refractivity contribution in [3.05, 3.63) is 114 Å². The summed E-state index contributed by atoms with van der Waals surface area (Å²) in [6.07, 6.45) is 3.95. The summed E-state index contributed by atoms with van der Waals surface area (Å²) in [5.74, 6) is 0.486. The number of hydrogen-bond acceptors (Lipinski definition) is 2. The summed E-state index contributed by atoms with van der Waals surface area (Å²) in [6.45, 7) is 4.42. The van der Waals surface area contributed by atoms with Gasteiger partial charge < -0.3 is 14.8 Å². The first-order valence-corrected chi connectivity index (χ1v) is 11.4. The van der Waals surface area contributed by atoms with Crippen molar-refractivity contribution in [1.29, 1.82) is 0 Å². The lowest BCUT2D eigenvalue weighted by Gasteiger charge is -2.29. The van der Waals surface area contributed by atoms with E-state index in [0.717, 1.165) is 22.8 Å². The summed E-state index contributed by atoms with van der Waals surface area (Å²) < 4.78 is 2.24. The molecule has 32 heavy (non-hydrogen) atoms. The molecule has 1 saturated heterocycles. The maximum absolute atomic E-state index is 5.87. The molecule has 1 fully saturated rings. The summed E-state index contributed by atoms with van der Waals surface area (Å²) in [6, 6.07) is 29.4. The van der Waals surface area contributed by atoms with Crippen LogP contribution in [0.25, 0.3) is 5.69 Å². The fraction of sp³-hybridized carbons (Fsp3) is 0.185. The van der Waals surface area contributed by atoms with Gasteiger partial charge in [-0.3, -0.25) is 4.98 Å². The van der Waals surface area contributed by atoms with Crippen LogP contribution in [-0.2, 0) is 0 Å². The number of anilines is 1. The van der Waals surface area contributed by atoms with Gasteiger partial charge in [0, 0.05) is 29.5 Å². The molecule has 0 saturated carbocycles. The maximum Gasteiger partial charge on any atom is 0.174 e. The summed E-state index contributed by atoms with van der Waals surface area (Å²) in [7, 11) is 0. The zero-order valence-corrected chi connectivity index (χ0v) is 19.0. The molecule has 1 aliphatic heterocycles. The van der Waals surface area contributed by atoms with Crippen LogP contribution in [0.5, 0.6) is 0 Å². The van der Waals surface area contributed by atoms with Gasteiger partial charge in [0.15, 0.2) is 5.11 Å². The van der Waals surface area contributed by atoms with Gasteiger partial charge in [-0.1, -0.05) is 50.2 Å². The maximum atomic E-state index is 5.87. The third-order valence-electron chi connectivity index (χ3n) is 6.05. The molecule has 3 heterocycles. The van der Waals surface area contributed by atoms with Crippen molar-refractivity contribution in [1.82, 2.24) is 14.9 Å². The van der Waals surface area contributed by atoms with Gasteiger partial charge in [0.05, 0.1) is 11.7 Å². The molecule has 0 aliphatic carbocycles. The number of nitrogens with zero attached hydrogens (tertiary/aromatic N) is 3. The molecule has 2 aromatic heterocycles. The number of thiocarbonyl (C=S) groups is 1.